The van der Waals surface area contributed by atoms with E-state index in [0.29, 0.717) is 6.61 Å². The molecule has 2 rings (SSSR count). The van der Waals surface area contributed by atoms with Gasteiger partial charge in [0, 0.05) is 24.0 Å². The third kappa shape index (κ3) is 3.08. The van der Waals surface area contributed by atoms with Crippen molar-refractivity contribution in [3.63, 3.8) is 0 Å². The summed E-state index contributed by atoms with van der Waals surface area (Å²) in [5, 5.41) is 0. The van der Waals surface area contributed by atoms with Crippen molar-refractivity contribution in [2.75, 3.05) is 0 Å². The van der Waals surface area contributed by atoms with Crippen molar-refractivity contribution in [1.82, 2.24) is 4.98 Å². The lowest BCUT2D eigenvalue weighted by Gasteiger charge is -2.14. The Bertz CT molecular complexity index is 509. The number of nitrogens with two attached hydrogens (primary N) is 1. The maximum atomic E-state index is 5.96. The number of hydrogen-bond acceptors (Lipinski definition) is 3. The summed E-state index contributed by atoms with van der Waals surface area (Å²) in [6.45, 7) is 4.55. The Labute approximate surface area is 108 Å². The van der Waals surface area contributed by atoms with Crippen LogP contribution in [0, 0.1) is 6.92 Å². The van der Waals surface area contributed by atoms with Crippen LogP contribution in [-0.2, 0) is 6.61 Å². The van der Waals surface area contributed by atoms with E-state index < -0.39 is 0 Å². The smallest absolute Gasteiger partial charge is 0.124 e. The van der Waals surface area contributed by atoms with E-state index in [-0.39, 0.29) is 6.04 Å². The first-order valence-corrected chi connectivity index (χ1v) is 6.04. The van der Waals surface area contributed by atoms with E-state index in [0.717, 1.165) is 16.9 Å². The molecule has 0 aliphatic rings. The molecule has 0 amide bonds. The van der Waals surface area contributed by atoms with Crippen molar-refractivity contribution in [1.29, 1.82) is 0 Å². The van der Waals surface area contributed by atoms with Crippen molar-refractivity contribution >= 4 is 0 Å². The lowest BCUT2D eigenvalue weighted by atomic mass is 10.1. The summed E-state index contributed by atoms with van der Waals surface area (Å²) in [6.07, 6.45) is 3.53. The maximum absolute atomic E-state index is 5.96. The van der Waals surface area contributed by atoms with Crippen LogP contribution in [0.1, 0.15) is 29.7 Å². The second-order valence-corrected chi connectivity index (χ2v) is 4.47. The minimum Gasteiger partial charge on any atom is -0.489 e. The number of pyridine rings is 1. The van der Waals surface area contributed by atoms with Gasteiger partial charge in [-0.15, -0.1) is 0 Å². The van der Waals surface area contributed by atoms with Crippen LogP contribution in [0.25, 0.3) is 0 Å². The van der Waals surface area contributed by atoms with Crippen LogP contribution in [0.5, 0.6) is 5.75 Å². The third-order valence-electron chi connectivity index (χ3n) is 2.80. The highest BCUT2D eigenvalue weighted by Crippen LogP contribution is 2.25. The summed E-state index contributed by atoms with van der Waals surface area (Å²) in [6, 6.07) is 9.95. The van der Waals surface area contributed by atoms with E-state index in [4.69, 9.17) is 10.5 Å². The number of benzene rings is 1. The van der Waals surface area contributed by atoms with Gasteiger partial charge in [0.2, 0.25) is 0 Å². The van der Waals surface area contributed by atoms with Crippen LogP contribution < -0.4 is 10.5 Å². The molecule has 1 atom stereocenters. The average Bonchev–Trinajstić information content (AvgIpc) is 2.38. The fourth-order valence-corrected chi connectivity index (χ4v) is 1.80. The van der Waals surface area contributed by atoms with E-state index in [1.807, 2.05) is 31.2 Å². The lowest BCUT2D eigenvalue weighted by molar-refractivity contribution is 0.301. The van der Waals surface area contributed by atoms with Crippen LogP contribution in [-0.4, -0.2) is 4.98 Å². The zero-order valence-electron chi connectivity index (χ0n) is 10.8. The average molecular weight is 242 g/mol. The number of nitrogens with zero attached hydrogens (tertiary/aromatic N) is 1. The van der Waals surface area contributed by atoms with Gasteiger partial charge in [-0.25, -0.2) is 0 Å². The fourth-order valence-electron chi connectivity index (χ4n) is 1.80. The van der Waals surface area contributed by atoms with E-state index in [2.05, 4.69) is 18.0 Å². The molecule has 0 aliphatic heterocycles. The van der Waals surface area contributed by atoms with E-state index in [1.54, 1.807) is 12.4 Å². The number of hydrogen-bond donors (Lipinski definition) is 1. The van der Waals surface area contributed by atoms with Crippen LogP contribution in [0.15, 0.2) is 42.7 Å². The molecule has 1 aromatic heterocycles. The first-order valence-electron chi connectivity index (χ1n) is 6.04. The van der Waals surface area contributed by atoms with Crippen LogP contribution in [0.3, 0.4) is 0 Å². The van der Waals surface area contributed by atoms with Gasteiger partial charge in [0.25, 0.3) is 0 Å². The molecule has 0 saturated carbocycles. The first kappa shape index (κ1) is 12.6. The van der Waals surface area contributed by atoms with Gasteiger partial charge in [0.1, 0.15) is 12.4 Å². The van der Waals surface area contributed by atoms with Crippen LogP contribution in [0.2, 0.25) is 0 Å². The summed E-state index contributed by atoms with van der Waals surface area (Å²) in [7, 11) is 0. The Morgan fingerprint density at radius 1 is 1.22 bits per heavy atom. The second kappa shape index (κ2) is 5.65. The molecule has 0 bridgehead atoms. The predicted molar refractivity (Wildman–Crippen MR) is 72.4 cm³/mol. The largest absolute Gasteiger partial charge is 0.489 e. The van der Waals surface area contributed by atoms with Gasteiger partial charge < -0.3 is 10.5 Å². The van der Waals surface area contributed by atoms with Gasteiger partial charge in [-0.1, -0.05) is 17.7 Å². The summed E-state index contributed by atoms with van der Waals surface area (Å²) in [5.74, 6) is 0.854. The molecule has 18 heavy (non-hydrogen) atoms. The molecule has 1 aromatic carbocycles. The Balaban J connectivity index is 2.14. The molecule has 3 heteroatoms. The second-order valence-electron chi connectivity index (χ2n) is 4.47. The number of ether oxygens (including phenoxy) is 1. The SMILES string of the molecule is Cc1ccc(OCc2ccncc2)c([C@H](C)N)c1. The van der Waals surface area contributed by atoms with E-state index in [1.165, 1.54) is 5.56 Å². The Hall–Kier alpha value is -1.87. The monoisotopic (exact) mass is 242 g/mol. The zero-order chi connectivity index (χ0) is 13.0. The van der Waals surface area contributed by atoms with Gasteiger partial charge in [-0.3, -0.25) is 4.98 Å². The molecular weight excluding hydrogens is 224 g/mol. The Kier molecular flexibility index (Phi) is 3.95. The number of rotatable bonds is 4. The summed E-state index contributed by atoms with van der Waals surface area (Å²) in [5.41, 5.74) is 9.30. The van der Waals surface area contributed by atoms with E-state index in [9.17, 15) is 0 Å². The molecule has 0 saturated heterocycles. The predicted octanol–water partition coefficient (Wildman–Crippen LogP) is 2.99. The third-order valence-corrected chi connectivity index (χ3v) is 2.80. The summed E-state index contributed by atoms with van der Waals surface area (Å²) in [4.78, 5) is 3.98. The van der Waals surface area contributed by atoms with E-state index >= 15 is 0 Å². The quantitative estimate of drug-likeness (QED) is 0.896. The number of aryl methyl sites for hydroxylation is 1. The van der Waals surface area contributed by atoms with Crippen LogP contribution >= 0.6 is 0 Å². The molecule has 0 aliphatic carbocycles. The van der Waals surface area contributed by atoms with Gasteiger partial charge in [0.15, 0.2) is 0 Å². The summed E-state index contributed by atoms with van der Waals surface area (Å²) < 4.78 is 5.83. The molecule has 0 spiro atoms. The van der Waals surface area contributed by atoms with Crippen LogP contribution in [0.4, 0.5) is 0 Å². The Morgan fingerprint density at radius 2 is 1.94 bits per heavy atom. The normalized spacial score (nSPS) is 12.2. The minimum absolute atomic E-state index is 0.0302. The fraction of sp³-hybridized carbons (Fsp3) is 0.267. The highest BCUT2D eigenvalue weighted by atomic mass is 16.5. The molecule has 2 aromatic rings. The maximum Gasteiger partial charge on any atom is 0.124 e. The minimum atomic E-state index is -0.0302. The van der Waals surface area contributed by atoms with Crippen molar-refractivity contribution in [3.05, 3.63) is 59.4 Å². The van der Waals surface area contributed by atoms with Gasteiger partial charge in [-0.2, -0.15) is 0 Å². The van der Waals surface area contributed by atoms with Crippen molar-refractivity contribution in [2.24, 2.45) is 5.73 Å². The molecule has 94 valence electrons. The van der Waals surface area contributed by atoms with Gasteiger partial charge in [0.05, 0.1) is 0 Å². The molecule has 1 heterocycles. The Morgan fingerprint density at radius 3 is 2.61 bits per heavy atom. The molecule has 0 unspecified atom stereocenters. The van der Waals surface area contributed by atoms with Crippen molar-refractivity contribution < 1.29 is 4.74 Å². The standard InChI is InChI=1S/C15H18N2O/c1-11-3-4-15(14(9-11)12(2)16)18-10-13-5-7-17-8-6-13/h3-9,12H,10,16H2,1-2H3/t12-/m0/s1. The topological polar surface area (TPSA) is 48.1 Å². The molecule has 0 fully saturated rings. The molecule has 0 radical (unpaired) electrons. The van der Waals surface area contributed by atoms with Crippen molar-refractivity contribution in [3.8, 4) is 5.75 Å². The first-order chi connectivity index (χ1) is 8.66. The van der Waals surface area contributed by atoms with Crippen molar-refractivity contribution in [2.45, 2.75) is 26.5 Å². The van der Waals surface area contributed by atoms with Gasteiger partial charge >= 0.3 is 0 Å². The lowest BCUT2D eigenvalue weighted by Crippen LogP contribution is -2.08. The molecule has 2 N–H and O–H groups in total. The molecular formula is C15H18N2O. The number of aromatic nitrogens is 1. The molecule has 3 nitrogen and oxygen atoms in total. The highest BCUT2D eigenvalue weighted by molar-refractivity contribution is 5.38. The zero-order valence-corrected chi connectivity index (χ0v) is 10.8. The summed E-state index contributed by atoms with van der Waals surface area (Å²) >= 11 is 0. The van der Waals surface area contributed by atoms with Gasteiger partial charge in [-0.05, 0) is 37.6 Å². The highest BCUT2D eigenvalue weighted by Gasteiger charge is 2.08.